The molecule has 4 saturated heterocycles. The van der Waals surface area contributed by atoms with E-state index in [-0.39, 0.29) is 41.6 Å². The van der Waals surface area contributed by atoms with Crippen LogP contribution in [0.2, 0.25) is 0 Å². The number of nitrogens with zero attached hydrogens (tertiary/aromatic N) is 10. The predicted octanol–water partition coefficient (Wildman–Crippen LogP) is 4.49. The predicted molar refractivity (Wildman–Crippen MR) is 210 cm³/mol. The van der Waals surface area contributed by atoms with Crippen molar-refractivity contribution in [2.75, 3.05) is 61.6 Å². The molecule has 6 aromatic rings. The summed E-state index contributed by atoms with van der Waals surface area (Å²) < 4.78 is 74.1. The number of amides is 1. The van der Waals surface area contributed by atoms with E-state index in [0.29, 0.717) is 110 Å². The molecular formula is C41H41F2N11O4. The van der Waals surface area contributed by atoms with Crippen LogP contribution in [0, 0.1) is 18.6 Å². The van der Waals surface area contributed by atoms with Gasteiger partial charge in [-0.25, -0.2) is 23.4 Å². The van der Waals surface area contributed by atoms with Crippen molar-refractivity contribution in [3.63, 3.8) is 0 Å². The number of ether oxygens (including phenoxy) is 3. The molecule has 1 amide bonds. The Morgan fingerprint density at radius 1 is 0.983 bits per heavy atom. The number of halogens is 2. The van der Waals surface area contributed by atoms with Gasteiger partial charge in [-0.2, -0.15) is 15.1 Å². The quantitative estimate of drug-likeness (QED) is 0.269. The summed E-state index contributed by atoms with van der Waals surface area (Å²) in [4.78, 5) is 41.1. The molecule has 2 aromatic carbocycles. The van der Waals surface area contributed by atoms with E-state index in [4.69, 9.17) is 38.3 Å². The lowest BCUT2D eigenvalue weighted by Crippen LogP contribution is -2.64. The number of nitrogens with one attached hydrogen (secondary N) is 1. The molecular weight excluding hydrogens is 749 g/mol. The van der Waals surface area contributed by atoms with Crippen molar-refractivity contribution in [1.82, 2.24) is 39.2 Å². The summed E-state index contributed by atoms with van der Waals surface area (Å²) in [6.07, 6.45) is 3.13. The number of morpholine rings is 1. The van der Waals surface area contributed by atoms with Crippen LogP contribution in [0.25, 0.3) is 39.0 Å². The number of rotatable bonds is 4. The monoisotopic (exact) mass is 792 g/mol. The zero-order chi connectivity index (χ0) is 41.7. The molecule has 17 heteroatoms. The maximum atomic E-state index is 15.2. The van der Waals surface area contributed by atoms with Gasteiger partial charge < -0.3 is 38.8 Å². The third-order valence-electron chi connectivity index (χ3n) is 12.1. The van der Waals surface area contributed by atoms with Gasteiger partial charge in [-0.3, -0.25) is 4.79 Å². The van der Waals surface area contributed by atoms with E-state index in [0.717, 1.165) is 18.0 Å². The average Bonchev–Trinajstić information content (AvgIpc) is 3.86. The molecule has 1 N–H and O–H groups in total. The molecule has 0 spiro atoms. The van der Waals surface area contributed by atoms with Crippen LogP contribution in [0.3, 0.4) is 0 Å². The highest BCUT2D eigenvalue weighted by atomic mass is 19.1. The van der Waals surface area contributed by atoms with Crippen LogP contribution in [0.15, 0.2) is 54.7 Å². The van der Waals surface area contributed by atoms with Crippen LogP contribution in [0.1, 0.15) is 29.2 Å². The van der Waals surface area contributed by atoms with Gasteiger partial charge in [0.2, 0.25) is 11.9 Å². The van der Waals surface area contributed by atoms with E-state index in [9.17, 15) is 4.39 Å². The summed E-state index contributed by atoms with van der Waals surface area (Å²) in [6.45, 7) is 4.87. The molecule has 15 nitrogen and oxygen atoms in total. The SMILES string of the molecule is [2H]C([2H])([2H])Oc1cc(F)ccc1-n1ncc2c(N3C[C@@H]4C[C@H]3C(=O)N3CCCO[C@H](C3)Cn3c(C)nc5cc(F)cc(c53)-c3cccc(n3)N4)nc(N3C4COCC3C4)nc21. The molecule has 5 atom stereocenters. The number of anilines is 3. The summed E-state index contributed by atoms with van der Waals surface area (Å²) >= 11 is 0. The Balaban J connectivity index is 1.05. The number of hydrogen-bond donors (Lipinski definition) is 1. The second-order valence-electron chi connectivity index (χ2n) is 15.7. The van der Waals surface area contributed by atoms with E-state index in [1.165, 1.54) is 28.9 Å². The number of pyridine rings is 1. The minimum absolute atomic E-state index is 0.0380. The van der Waals surface area contributed by atoms with Gasteiger partial charge in [-0.15, -0.1) is 0 Å². The van der Waals surface area contributed by atoms with Crippen LogP contribution < -0.4 is 19.9 Å². The van der Waals surface area contributed by atoms with E-state index in [1.54, 1.807) is 6.20 Å². The number of aromatic nitrogens is 7. The Morgan fingerprint density at radius 2 is 1.88 bits per heavy atom. The fourth-order valence-corrected chi connectivity index (χ4v) is 9.47. The Kier molecular flexibility index (Phi) is 7.51. The highest BCUT2D eigenvalue weighted by molar-refractivity contribution is 5.94. The number of benzene rings is 2. The highest BCUT2D eigenvalue weighted by Crippen LogP contribution is 2.40. The first kappa shape index (κ1) is 32.1. The lowest BCUT2D eigenvalue weighted by molar-refractivity contribution is -0.133. The zero-order valence-electron chi connectivity index (χ0n) is 34.5. The third-order valence-corrected chi connectivity index (χ3v) is 12.1. The van der Waals surface area contributed by atoms with Crippen molar-refractivity contribution in [3.8, 4) is 22.7 Å². The summed E-state index contributed by atoms with van der Waals surface area (Å²) in [5.74, 6) is 0.684. The van der Waals surface area contributed by atoms with Crippen molar-refractivity contribution in [3.05, 3.63) is 72.2 Å². The fourth-order valence-electron chi connectivity index (χ4n) is 9.47. The Hall–Kier alpha value is -5.94. The van der Waals surface area contributed by atoms with Crippen LogP contribution in [-0.4, -0.2) is 122 Å². The average molecular weight is 793 g/mol. The Labute approximate surface area is 335 Å². The first-order chi connectivity index (χ1) is 29.4. The number of fused-ring (bicyclic) bond motifs is 10. The zero-order valence-corrected chi connectivity index (χ0v) is 31.5. The molecule has 0 aliphatic carbocycles. The first-order valence-corrected chi connectivity index (χ1v) is 19.6. The third kappa shape index (κ3) is 5.73. The standard InChI is InChI=1S/C41H41F2N11O4/c1-22-45-32-12-24(43)11-29-31-5-3-6-36(47-31)46-25-14-34(40(55)50-9-4-10-58-28(18-50)19-51(22)37(29)32)52(17-25)38-30-16-44-54(33-8-7-23(42)13-35(33)56-2)39(30)49-41(48-38)53-26-15-27(53)21-57-20-26/h3,5-8,11-13,16,25-28,34H,4,9-10,14-15,17-21H2,1-2H3,(H,46,47)/t25-,26?,27?,28+,34-/m0/s1/i2D3. The molecule has 4 fully saturated rings. The minimum Gasteiger partial charge on any atom is -0.494 e. The molecule has 298 valence electrons. The molecule has 4 aromatic heterocycles. The smallest absolute Gasteiger partial charge is 0.245 e. The molecule has 5 aliphatic rings. The maximum absolute atomic E-state index is 15.2. The number of imidazole rings is 1. The molecule has 0 radical (unpaired) electrons. The highest BCUT2D eigenvalue weighted by Gasteiger charge is 2.46. The van der Waals surface area contributed by atoms with Gasteiger partial charge in [0.15, 0.2) is 5.65 Å². The summed E-state index contributed by atoms with van der Waals surface area (Å²) in [5, 5.41) is 8.76. The Bertz CT molecular complexity index is 2720. The molecule has 58 heavy (non-hydrogen) atoms. The van der Waals surface area contributed by atoms with Crippen LogP contribution in [-0.2, 0) is 20.8 Å². The lowest BCUT2D eigenvalue weighted by Gasteiger charge is -2.52. The summed E-state index contributed by atoms with van der Waals surface area (Å²) in [7, 11) is -2.87. The number of carbonyl (C=O) groups excluding carboxylic acids is 1. The van der Waals surface area contributed by atoms with Crippen LogP contribution in [0.5, 0.6) is 5.75 Å². The molecule has 2 unspecified atom stereocenters. The second kappa shape index (κ2) is 13.6. The number of hydrogen-bond acceptors (Lipinski definition) is 12. The second-order valence-corrected chi connectivity index (χ2v) is 15.7. The number of methoxy groups -OCH3 is 1. The van der Waals surface area contributed by atoms with Gasteiger partial charge in [0.25, 0.3) is 0 Å². The number of carbonyl (C=O) groups is 1. The van der Waals surface area contributed by atoms with Gasteiger partial charge >= 0.3 is 0 Å². The van der Waals surface area contributed by atoms with Crippen molar-refractivity contribution in [1.29, 1.82) is 0 Å². The summed E-state index contributed by atoms with van der Waals surface area (Å²) in [6, 6.07) is 11.2. The van der Waals surface area contributed by atoms with Gasteiger partial charge in [0.1, 0.15) is 46.6 Å². The van der Waals surface area contributed by atoms with Crippen LogP contribution >= 0.6 is 0 Å². The van der Waals surface area contributed by atoms with E-state index >= 15 is 9.18 Å². The van der Waals surface area contributed by atoms with Gasteiger partial charge in [-0.05, 0) is 56.5 Å². The lowest BCUT2D eigenvalue weighted by atomic mass is 9.92. The summed E-state index contributed by atoms with van der Waals surface area (Å²) in [5.41, 5.74) is 2.92. The molecule has 8 bridgehead atoms. The molecule has 11 rings (SSSR count). The van der Waals surface area contributed by atoms with Crippen molar-refractivity contribution < 1.29 is 31.9 Å². The van der Waals surface area contributed by atoms with Crippen molar-refractivity contribution in [2.45, 2.75) is 63.0 Å². The van der Waals surface area contributed by atoms with Gasteiger partial charge in [-0.1, -0.05) is 6.07 Å². The fraction of sp³-hybridized carbons (Fsp3) is 0.415. The topological polar surface area (TPSA) is 141 Å². The van der Waals surface area contributed by atoms with Crippen molar-refractivity contribution >= 4 is 45.6 Å². The van der Waals surface area contributed by atoms with E-state index in [1.807, 2.05) is 39.5 Å². The van der Waals surface area contributed by atoms with Crippen molar-refractivity contribution in [2.24, 2.45) is 0 Å². The number of aryl methyl sites for hydroxylation is 1. The van der Waals surface area contributed by atoms with E-state index in [2.05, 4.69) is 15.3 Å². The van der Waals surface area contributed by atoms with Gasteiger partial charge in [0.05, 0.1) is 77.4 Å². The molecule has 9 heterocycles. The first-order valence-electron chi connectivity index (χ1n) is 21.1. The van der Waals surface area contributed by atoms with Gasteiger partial charge in [0, 0.05) is 50.0 Å². The minimum atomic E-state index is -2.87. The maximum Gasteiger partial charge on any atom is 0.245 e. The Morgan fingerprint density at radius 3 is 2.74 bits per heavy atom. The molecule has 5 aliphatic heterocycles. The normalized spacial score (nSPS) is 25.3. The van der Waals surface area contributed by atoms with E-state index < -0.39 is 24.7 Å². The van der Waals surface area contributed by atoms with Crippen LogP contribution in [0.4, 0.5) is 26.4 Å². The largest absolute Gasteiger partial charge is 0.494 e. The molecule has 0 saturated carbocycles.